The molecule has 0 radical (unpaired) electrons. The molecule has 2 aromatic carbocycles. The third kappa shape index (κ3) is 3.08. The number of hydrogen-bond donors (Lipinski definition) is 1. The van der Waals surface area contributed by atoms with Crippen molar-refractivity contribution in [2.24, 2.45) is 0 Å². The highest BCUT2D eigenvalue weighted by molar-refractivity contribution is 9.10. The molecule has 1 aliphatic heterocycles. The van der Waals surface area contributed by atoms with Crippen molar-refractivity contribution >= 4 is 45.0 Å². The molecule has 5 heteroatoms. The highest BCUT2D eigenvalue weighted by Gasteiger charge is 2.23. The van der Waals surface area contributed by atoms with Crippen LogP contribution in [0.15, 0.2) is 45.8 Å². The maximum atomic E-state index is 6.18. The molecule has 1 unspecified atom stereocenters. The summed E-state index contributed by atoms with van der Waals surface area (Å²) in [5, 5.41) is 0.702. The highest BCUT2D eigenvalue weighted by atomic mass is 79.9. The molecule has 20 heavy (non-hydrogen) atoms. The lowest BCUT2D eigenvalue weighted by Crippen LogP contribution is -2.15. The normalized spacial score (nSPS) is 16.8. The molecule has 0 saturated heterocycles. The van der Waals surface area contributed by atoms with E-state index in [1.54, 1.807) is 17.8 Å². The van der Waals surface area contributed by atoms with Gasteiger partial charge in [-0.2, -0.15) is 0 Å². The number of rotatable bonds is 3. The van der Waals surface area contributed by atoms with Gasteiger partial charge in [0.2, 0.25) is 0 Å². The van der Waals surface area contributed by atoms with Crippen LogP contribution in [0.3, 0.4) is 0 Å². The summed E-state index contributed by atoms with van der Waals surface area (Å²) in [6.07, 6.45) is 1.13. The van der Waals surface area contributed by atoms with Crippen LogP contribution in [0.5, 0.6) is 5.75 Å². The molecule has 0 aliphatic carbocycles. The van der Waals surface area contributed by atoms with E-state index in [0.29, 0.717) is 10.7 Å². The molecule has 2 nitrogen and oxygen atoms in total. The number of thioether (sulfide) groups is 1. The van der Waals surface area contributed by atoms with Crippen LogP contribution in [-0.2, 0) is 6.42 Å². The monoisotopic (exact) mass is 369 g/mol. The van der Waals surface area contributed by atoms with E-state index in [-0.39, 0.29) is 6.10 Å². The van der Waals surface area contributed by atoms with Crippen LogP contribution in [0.25, 0.3) is 0 Å². The van der Waals surface area contributed by atoms with E-state index in [9.17, 15) is 0 Å². The predicted octanol–water partition coefficient (Wildman–Crippen LogP) is 4.78. The first-order valence-electron chi connectivity index (χ1n) is 6.25. The Morgan fingerprint density at radius 3 is 2.95 bits per heavy atom. The minimum Gasteiger partial charge on any atom is -0.489 e. The molecule has 0 bridgehead atoms. The Balaban J connectivity index is 1.63. The molecule has 2 N–H and O–H groups in total. The lowest BCUT2D eigenvalue weighted by Gasteiger charge is -2.11. The fourth-order valence-electron chi connectivity index (χ4n) is 2.20. The lowest BCUT2D eigenvalue weighted by atomic mass is 10.1. The average molecular weight is 371 g/mol. The van der Waals surface area contributed by atoms with Gasteiger partial charge in [0.1, 0.15) is 11.9 Å². The summed E-state index contributed by atoms with van der Waals surface area (Å²) in [7, 11) is 0. The molecular formula is C15H13BrClNOS. The Labute approximate surface area is 135 Å². The zero-order valence-corrected chi connectivity index (χ0v) is 13.8. The van der Waals surface area contributed by atoms with E-state index >= 15 is 0 Å². The van der Waals surface area contributed by atoms with Crippen molar-refractivity contribution < 1.29 is 4.74 Å². The van der Waals surface area contributed by atoms with Crippen LogP contribution >= 0.6 is 39.3 Å². The van der Waals surface area contributed by atoms with Gasteiger partial charge in [-0.1, -0.05) is 27.5 Å². The van der Waals surface area contributed by atoms with Crippen molar-refractivity contribution in [3.05, 3.63) is 51.5 Å². The van der Waals surface area contributed by atoms with Crippen molar-refractivity contribution in [1.82, 2.24) is 0 Å². The smallest absolute Gasteiger partial charge is 0.123 e. The van der Waals surface area contributed by atoms with Gasteiger partial charge in [-0.3, -0.25) is 0 Å². The van der Waals surface area contributed by atoms with Gasteiger partial charge in [0.15, 0.2) is 0 Å². The minimum absolute atomic E-state index is 0.193. The Morgan fingerprint density at radius 2 is 2.15 bits per heavy atom. The quantitative estimate of drug-likeness (QED) is 0.624. The van der Waals surface area contributed by atoms with Gasteiger partial charge in [0.05, 0.1) is 5.02 Å². The van der Waals surface area contributed by atoms with Crippen molar-refractivity contribution in [3.8, 4) is 5.75 Å². The average Bonchev–Trinajstić information content (AvgIpc) is 2.79. The van der Waals surface area contributed by atoms with Gasteiger partial charge in [-0.15, -0.1) is 11.8 Å². The van der Waals surface area contributed by atoms with Crippen LogP contribution in [0.4, 0.5) is 5.69 Å². The van der Waals surface area contributed by atoms with Gasteiger partial charge in [0.25, 0.3) is 0 Å². The number of ether oxygens (including phenoxy) is 1. The summed E-state index contributed by atoms with van der Waals surface area (Å²) in [4.78, 5) is 1.04. The van der Waals surface area contributed by atoms with E-state index in [4.69, 9.17) is 22.1 Å². The lowest BCUT2D eigenvalue weighted by molar-refractivity contribution is 0.259. The van der Waals surface area contributed by atoms with Gasteiger partial charge in [-0.25, -0.2) is 0 Å². The molecule has 3 rings (SSSR count). The molecule has 0 spiro atoms. The molecule has 1 aliphatic rings. The third-order valence-corrected chi connectivity index (χ3v) is 5.27. The van der Waals surface area contributed by atoms with Gasteiger partial charge in [0, 0.05) is 27.2 Å². The third-order valence-electron chi connectivity index (χ3n) is 3.14. The predicted molar refractivity (Wildman–Crippen MR) is 88.9 cm³/mol. The molecule has 0 amide bonds. The number of anilines is 1. The molecule has 104 valence electrons. The minimum atomic E-state index is 0.193. The highest BCUT2D eigenvalue weighted by Crippen LogP contribution is 2.35. The number of halogens is 2. The molecule has 0 aromatic heterocycles. The molecule has 0 saturated carbocycles. The number of fused-ring (bicyclic) bond motifs is 1. The van der Waals surface area contributed by atoms with Crippen LogP contribution in [0, 0.1) is 0 Å². The summed E-state index contributed by atoms with van der Waals surface area (Å²) in [5.74, 6) is 1.86. The van der Waals surface area contributed by atoms with Crippen LogP contribution in [0.2, 0.25) is 5.02 Å². The first-order chi connectivity index (χ1) is 9.61. The SMILES string of the molecule is Nc1ccc(SCC2Cc3cc(Br)ccc3O2)c(Cl)c1. The molecule has 2 aromatic rings. The van der Waals surface area contributed by atoms with Crippen molar-refractivity contribution in [3.63, 3.8) is 0 Å². The summed E-state index contributed by atoms with van der Waals surface area (Å²) in [6, 6.07) is 11.8. The first kappa shape index (κ1) is 14.1. The Hall–Kier alpha value is -0.840. The molecule has 1 heterocycles. The van der Waals surface area contributed by atoms with Gasteiger partial charge >= 0.3 is 0 Å². The van der Waals surface area contributed by atoms with E-state index in [2.05, 4.69) is 22.0 Å². The second-order valence-electron chi connectivity index (χ2n) is 4.70. The topological polar surface area (TPSA) is 35.2 Å². The number of hydrogen-bond acceptors (Lipinski definition) is 3. The molecular weight excluding hydrogens is 358 g/mol. The summed E-state index contributed by atoms with van der Waals surface area (Å²) < 4.78 is 7.03. The Kier molecular flexibility index (Phi) is 4.15. The molecule has 1 atom stereocenters. The van der Waals surface area contributed by atoms with E-state index in [1.165, 1.54) is 5.56 Å². The number of nitrogen functional groups attached to an aromatic ring is 1. The zero-order valence-electron chi connectivity index (χ0n) is 10.6. The largest absolute Gasteiger partial charge is 0.489 e. The first-order valence-corrected chi connectivity index (χ1v) is 8.40. The second kappa shape index (κ2) is 5.88. The molecule has 0 fully saturated rings. The zero-order chi connectivity index (χ0) is 14.1. The summed E-state index contributed by atoms with van der Waals surface area (Å²) in [5.41, 5.74) is 7.64. The maximum Gasteiger partial charge on any atom is 0.123 e. The van der Waals surface area contributed by atoms with Crippen molar-refractivity contribution in [1.29, 1.82) is 0 Å². The standard InChI is InChI=1S/C15H13BrClNOS/c16-10-1-3-14-9(5-10)6-12(19-14)8-20-15-4-2-11(18)7-13(15)17/h1-5,7,12H,6,8,18H2. The Bertz CT molecular complexity index is 650. The van der Waals surface area contributed by atoms with E-state index in [0.717, 1.165) is 27.3 Å². The Morgan fingerprint density at radius 1 is 1.30 bits per heavy atom. The van der Waals surface area contributed by atoms with E-state index < -0.39 is 0 Å². The van der Waals surface area contributed by atoms with Gasteiger partial charge < -0.3 is 10.5 Å². The summed E-state index contributed by atoms with van der Waals surface area (Å²) >= 11 is 11.4. The number of nitrogens with two attached hydrogens (primary N) is 1. The fourth-order valence-corrected chi connectivity index (χ4v) is 3.87. The van der Waals surface area contributed by atoms with Crippen LogP contribution in [-0.4, -0.2) is 11.9 Å². The van der Waals surface area contributed by atoms with Crippen LogP contribution in [0.1, 0.15) is 5.56 Å². The van der Waals surface area contributed by atoms with E-state index in [1.807, 2.05) is 24.3 Å². The fraction of sp³-hybridized carbons (Fsp3) is 0.200. The van der Waals surface area contributed by atoms with Gasteiger partial charge in [-0.05, 0) is 42.0 Å². The number of benzene rings is 2. The summed E-state index contributed by atoms with van der Waals surface area (Å²) in [6.45, 7) is 0. The second-order valence-corrected chi connectivity index (χ2v) is 7.08. The maximum absolute atomic E-state index is 6.18. The van der Waals surface area contributed by atoms with Crippen molar-refractivity contribution in [2.45, 2.75) is 17.4 Å². The van der Waals surface area contributed by atoms with Crippen LogP contribution < -0.4 is 10.5 Å². The van der Waals surface area contributed by atoms with Crippen molar-refractivity contribution in [2.75, 3.05) is 11.5 Å².